The Hall–Kier alpha value is -2.92. The van der Waals surface area contributed by atoms with Crippen molar-refractivity contribution in [3.05, 3.63) is 51.2 Å². The molecule has 2 rings (SSSR count). The molecule has 0 saturated heterocycles. The predicted molar refractivity (Wildman–Crippen MR) is 102 cm³/mol. The van der Waals surface area contributed by atoms with Crippen LogP contribution in [0.3, 0.4) is 0 Å². The van der Waals surface area contributed by atoms with Crippen LogP contribution in [0.4, 0.5) is 5.69 Å². The molecule has 0 fully saturated rings. The highest BCUT2D eigenvalue weighted by atomic mass is 35.5. The number of halogens is 1. The van der Waals surface area contributed by atoms with Crippen LogP contribution in [0.5, 0.6) is 5.88 Å². The van der Waals surface area contributed by atoms with Crippen molar-refractivity contribution in [1.82, 2.24) is 25.9 Å². The number of methoxy groups -OCH3 is 1. The van der Waals surface area contributed by atoms with Crippen molar-refractivity contribution in [2.45, 2.75) is 19.5 Å². The summed E-state index contributed by atoms with van der Waals surface area (Å²) in [5.74, 6) is -0.668. The van der Waals surface area contributed by atoms with Gasteiger partial charge in [-0.05, 0) is 36.8 Å². The van der Waals surface area contributed by atoms with Gasteiger partial charge in [-0.25, -0.2) is 4.68 Å². The summed E-state index contributed by atoms with van der Waals surface area (Å²) in [7, 11) is 1.26. The maximum Gasteiger partial charge on any atom is 0.350 e. The number of benzene rings is 1. The molecule has 0 aliphatic carbocycles. The molecular weight excluding hydrogens is 396 g/mol. The number of nitrogens with zero attached hydrogens (tertiary/aromatic N) is 3. The number of ether oxygens (including phenoxy) is 1. The zero-order valence-electron chi connectivity index (χ0n) is 14.4. The summed E-state index contributed by atoms with van der Waals surface area (Å²) in [6.45, 7) is 1.97. The average molecular weight is 413 g/mol. The van der Waals surface area contributed by atoms with Crippen molar-refractivity contribution in [3.63, 3.8) is 0 Å². The lowest BCUT2D eigenvalue weighted by atomic mass is 10.2. The number of amides is 1. The smallest absolute Gasteiger partial charge is 0.350 e. The van der Waals surface area contributed by atoms with Gasteiger partial charge < -0.3 is 10.1 Å². The largest absolute Gasteiger partial charge is 0.475 e. The van der Waals surface area contributed by atoms with Crippen LogP contribution in [0.15, 0.2) is 30.5 Å². The molecule has 1 heterocycles. The Balaban J connectivity index is 1.86. The van der Waals surface area contributed by atoms with Gasteiger partial charge in [-0.2, -0.15) is 0 Å². The summed E-state index contributed by atoms with van der Waals surface area (Å²) < 4.78 is 5.97. The lowest BCUT2D eigenvalue weighted by molar-refractivity contribution is -0.385. The number of nitrogens with one attached hydrogen (secondary N) is 3. The third-order valence-electron chi connectivity index (χ3n) is 3.51. The van der Waals surface area contributed by atoms with Crippen LogP contribution < -0.4 is 20.9 Å². The quantitative estimate of drug-likeness (QED) is 0.372. The molecule has 1 unspecified atom stereocenters. The summed E-state index contributed by atoms with van der Waals surface area (Å²) in [6.07, 6.45) is 1.13. The van der Waals surface area contributed by atoms with E-state index in [0.29, 0.717) is 11.6 Å². The molecule has 0 saturated carbocycles. The number of carbonyl (C=O) groups is 1. The molecule has 0 spiro atoms. The molecule has 3 N–H and O–H groups in total. The van der Waals surface area contributed by atoms with Crippen LogP contribution >= 0.6 is 23.8 Å². The molecule has 2 aromatic rings. The fraction of sp³-hybridized carbons (Fsp3) is 0.267. The van der Waals surface area contributed by atoms with Gasteiger partial charge in [0.2, 0.25) is 0 Å². The Labute approximate surface area is 164 Å². The second-order valence-corrected chi connectivity index (χ2v) is 6.20. The molecule has 1 aromatic heterocycles. The van der Waals surface area contributed by atoms with E-state index in [4.69, 9.17) is 28.6 Å². The number of hydrogen-bond acceptors (Lipinski definition) is 6. The molecule has 0 radical (unpaired) electrons. The molecule has 12 heteroatoms. The Kier molecular flexibility index (Phi) is 6.91. The minimum absolute atomic E-state index is 0.173. The van der Waals surface area contributed by atoms with Crippen LogP contribution in [0.25, 0.3) is 0 Å². The fourth-order valence-electron chi connectivity index (χ4n) is 2.01. The SMILES string of the molecule is COc1nn(C(C)C(=O)NNC(=S)NCc2ccc(Cl)cc2)cc1[N+](=O)[O-]. The number of aromatic nitrogens is 2. The Morgan fingerprint density at radius 1 is 1.41 bits per heavy atom. The minimum Gasteiger partial charge on any atom is -0.475 e. The molecule has 27 heavy (non-hydrogen) atoms. The normalized spacial score (nSPS) is 11.4. The topological polar surface area (TPSA) is 123 Å². The monoisotopic (exact) mass is 412 g/mol. The van der Waals surface area contributed by atoms with E-state index in [1.165, 1.54) is 14.0 Å². The van der Waals surface area contributed by atoms with Crippen molar-refractivity contribution in [2.24, 2.45) is 0 Å². The maximum atomic E-state index is 12.2. The minimum atomic E-state index is -0.834. The van der Waals surface area contributed by atoms with Crippen molar-refractivity contribution in [3.8, 4) is 5.88 Å². The zero-order chi connectivity index (χ0) is 20.0. The zero-order valence-corrected chi connectivity index (χ0v) is 16.0. The van der Waals surface area contributed by atoms with Gasteiger partial charge in [0.05, 0.1) is 12.0 Å². The molecule has 0 bridgehead atoms. The highest BCUT2D eigenvalue weighted by Gasteiger charge is 2.25. The highest BCUT2D eigenvalue weighted by Crippen LogP contribution is 2.25. The highest BCUT2D eigenvalue weighted by molar-refractivity contribution is 7.80. The number of nitro groups is 1. The first kappa shape index (κ1) is 20.4. The Bertz CT molecular complexity index is 841. The molecule has 0 aliphatic rings. The lowest BCUT2D eigenvalue weighted by Crippen LogP contribution is -2.48. The molecule has 144 valence electrons. The molecular formula is C15H17ClN6O4S. The summed E-state index contributed by atoms with van der Waals surface area (Å²) in [4.78, 5) is 22.5. The summed E-state index contributed by atoms with van der Waals surface area (Å²) in [5.41, 5.74) is 5.61. The van der Waals surface area contributed by atoms with E-state index < -0.39 is 16.9 Å². The van der Waals surface area contributed by atoms with Gasteiger partial charge in [0, 0.05) is 11.6 Å². The van der Waals surface area contributed by atoms with E-state index in [9.17, 15) is 14.9 Å². The fourth-order valence-corrected chi connectivity index (χ4v) is 2.26. The number of thiocarbonyl (C=S) groups is 1. The second kappa shape index (κ2) is 9.14. The molecule has 1 aromatic carbocycles. The van der Waals surface area contributed by atoms with Gasteiger partial charge in [-0.15, -0.1) is 5.10 Å². The van der Waals surface area contributed by atoms with E-state index in [-0.39, 0.29) is 16.7 Å². The number of carbonyl (C=O) groups excluding carboxylic acids is 1. The number of hydrogen-bond donors (Lipinski definition) is 3. The standard InChI is InChI=1S/C15H17ClN6O4S/c1-9(21-8-12(22(24)25)14(20-21)26-2)13(23)18-19-15(27)17-7-10-3-5-11(16)6-4-10/h3-6,8-9H,7H2,1-2H3,(H,18,23)(H2,17,19,27). The van der Waals surface area contributed by atoms with E-state index >= 15 is 0 Å². The van der Waals surface area contributed by atoms with E-state index in [0.717, 1.165) is 16.4 Å². The van der Waals surface area contributed by atoms with E-state index in [1.54, 1.807) is 12.1 Å². The molecule has 10 nitrogen and oxygen atoms in total. The third-order valence-corrected chi connectivity index (χ3v) is 4.01. The molecule has 1 atom stereocenters. The van der Waals surface area contributed by atoms with Crippen LogP contribution in [-0.2, 0) is 11.3 Å². The van der Waals surface area contributed by atoms with Crippen LogP contribution in [0.2, 0.25) is 5.02 Å². The molecule has 0 aliphatic heterocycles. The molecule has 1 amide bonds. The van der Waals surface area contributed by atoms with Crippen molar-refractivity contribution < 1.29 is 14.5 Å². The maximum absolute atomic E-state index is 12.2. The van der Waals surface area contributed by atoms with Crippen LogP contribution in [-0.4, -0.2) is 32.8 Å². The van der Waals surface area contributed by atoms with Gasteiger partial charge in [-0.3, -0.25) is 25.8 Å². The van der Waals surface area contributed by atoms with E-state index in [1.807, 2.05) is 12.1 Å². The summed E-state index contributed by atoms with van der Waals surface area (Å²) >= 11 is 10.9. The van der Waals surface area contributed by atoms with Crippen LogP contribution in [0.1, 0.15) is 18.5 Å². The lowest BCUT2D eigenvalue weighted by Gasteiger charge is -2.15. The first-order valence-electron chi connectivity index (χ1n) is 7.67. The summed E-state index contributed by atoms with van der Waals surface area (Å²) in [5, 5.41) is 18.6. The number of rotatable bonds is 6. The Morgan fingerprint density at radius 3 is 2.63 bits per heavy atom. The van der Waals surface area contributed by atoms with Gasteiger partial charge in [-0.1, -0.05) is 23.7 Å². The third kappa shape index (κ3) is 5.53. The number of hydrazine groups is 1. The average Bonchev–Trinajstić information content (AvgIpc) is 3.09. The van der Waals surface area contributed by atoms with Crippen molar-refractivity contribution in [2.75, 3.05) is 7.11 Å². The Morgan fingerprint density at radius 2 is 2.07 bits per heavy atom. The van der Waals surface area contributed by atoms with Crippen molar-refractivity contribution in [1.29, 1.82) is 0 Å². The first-order chi connectivity index (χ1) is 12.8. The van der Waals surface area contributed by atoms with Crippen molar-refractivity contribution >= 4 is 40.5 Å². The van der Waals surface area contributed by atoms with Gasteiger partial charge in [0.25, 0.3) is 5.91 Å². The second-order valence-electron chi connectivity index (χ2n) is 5.36. The van der Waals surface area contributed by atoms with E-state index in [2.05, 4.69) is 21.3 Å². The van der Waals surface area contributed by atoms with Crippen LogP contribution in [0, 0.1) is 10.1 Å². The first-order valence-corrected chi connectivity index (χ1v) is 8.46. The summed E-state index contributed by atoms with van der Waals surface area (Å²) in [6, 6.07) is 6.37. The van der Waals surface area contributed by atoms with Gasteiger partial charge >= 0.3 is 11.6 Å². The predicted octanol–water partition coefficient (Wildman–Crippen LogP) is 1.71. The van der Waals surface area contributed by atoms with Gasteiger partial charge in [0.1, 0.15) is 12.2 Å². The van der Waals surface area contributed by atoms with Gasteiger partial charge in [0.15, 0.2) is 5.11 Å².